The van der Waals surface area contributed by atoms with Crippen LogP contribution in [-0.4, -0.2) is 34.8 Å². The van der Waals surface area contributed by atoms with Gasteiger partial charge in [0.1, 0.15) is 11.6 Å². The molecule has 1 N–H and O–H groups in total. The molecule has 98 valence electrons. The van der Waals surface area contributed by atoms with Crippen molar-refractivity contribution in [3.63, 3.8) is 0 Å². The predicted molar refractivity (Wildman–Crippen MR) is 67.5 cm³/mol. The van der Waals surface area contributed by atoms with E-state index in [-0.39, 0.29) is 23.8 Å². The lowest BCUT2D eigenvalue weighted by atomic mass is 9.85. The Kier molecular flexibility index (Phi) is 4.17. The van der Waals surface area contributed by atoms with Gasteiger partial charge in [0.25, 0.3) is 0 Å². The van der Waals surface area contributed by atoms with E-state index in [1.165, 1.54) is 0 Å². The number of likely N-dealkylation sites (N-methyl/N-ethyl adjacent to an activating group) is 1. The fourth-order valence-corrected chi connectivity index (χ4v) is 2.64. The molecule has 1 saturated heterocycles. The van der Waals surface area contributed by atoms with E-state index in [2.05, 4.69) is 5.32 Å². The van der Waals surface area contributed by atoms with Crippen LogP contribution in [0, 0.1) is 5.92 Å². The number of piperazine rings is 1. The summed E-state index contributed by atoms with van der Waals surface area (Å²) in [5.41, 5.74) is -0.682. The van der Waals surface area contributed by atoms with Crippen LogP contribution in [0.25, 0.3) is 0 Å². The number of nitrogens with zero attached hydrogens (tertiary/aromatic N) is 1. The van der Waals surface area contributed by atoms with Crippen LogP contribution in [0.2, 0.25) is 0 Å². The second kappa shape index (κ2) is 5.07. The first kappa shape index (κ1) is 14.0. The highest BCUT2D eigenvalue weighted by Crippen LogP contribution is 2.27. The van der Waals surface area contributed by atoms with E-state index in [1.807, 2.05) is 34.6 Å². The largest absolute Gasteiger partial charge is 0.340 e. The van der Waals surface area contributed by atoms with Crippen LogP contribution >= 0.6 is 0 Å². The Hall–Kier alpha value is -1.06. The van der Waals surface area contributed by atoms with E-state index in [4.69, 9.17) is 0 Å². The summed E-state index contributed by atoms with van der Waals surface area (Å²) in [7, 11) is 0. The first-order valence-electron chi connectivity index (χ1n) is 6.56. The van der Waals surface area contributed by atoms with Crippen molar-refractivity contribution in [2.75, 3.05) is 6.54 Å². The van der Waals surface area contributed by atoms with Gasteiger partial charge in [0.15, 0.2) is 0 Å². The Bertz CT molecular complexity index is 309. The third kappa shape index (κ3) is 2.17. The molecule has 0 aromatic heterocycles. The molecule has 1 aliphatic heterocycles. The van der Waals surface area contributed by atoms with Crippen LogP contribution in [0.3, 0.4) is 0 Å². The smallest absolute Gasteiger partial charge is 0.248 e. The van der Waals surface area contributed by atoms with Crippen molar-refractivity contribution >= 4 is 11.8 Å². The Morgan fingerprint density at radius 1 is 1.24 bits per heavy atom. The molecule has 0 aliphatic carbocycles. The summed E-state index contributed by atoms with van der Waals surface area (Å²) in [5.74, 6) is 0.207. The first-order valence-corrected chi connectivity index (χ1v) is 6.56. The zero-order chi connectivity index (χ0) is 13.2. The van der Waals surface area contributed by atoms with Gasteiger partial charge in [0.05, 0.1) is 0 Å². The first-order chi connectivity index (χ1) is 7.93. The van der Waals surface area contributed by atoms with Crippen LogP contribution in [0.15, 0.2) is 0 Å². The Balaban J connectivity index is 3.11. The number of carbonyl (C=O) groups is 2. The molecule has 0 aromatic rings. The van der Waals surface area contributed by atoms with E-state index in [1.54, 1.807) is 4.90 Å². The lowest BCUT2D eigenvalue weighted by molar-refractivity contribution is -0.157. The van der Waals surface area contributed by atoms with Gasteiger partial charge in [-0.3, -0.25) is 9.59 Å². The molecule has 4 nitrogen and oxygen atoms in total. The molecule has 4 heteroatoms. The highest BCUT2D eigenvalue weighted by Gasteiger charge is 2.48. The van der Waals surface area contributed by atoms with Gasteiger partial charge >= 0.3 is 0 Å². The van der Waals surface area contributed by atoms with Gasteiger partial charge in [-0.05, 0) is 25.7 Å². The molecule has 2 amide bonds. The highest BCUT2D eigenvalue weighted by molar-refractivity contribution is 5.99. The zero-order valence-corrected chi connectivity index (χ0v) is 11.5. The van der Waals surface area contributed by atoms with Gasteiger partial charge in [-0.2, -0.15) is 0 Å². The minimum atomic E-state index is -0.682. The molecule has 1 fully saturated rings. The van der Waals surface area contributed by atoms with Crippen molar-refractivity contribution in [1.29, 1.82) is 0 Å². The molecule has 1 atom stereocenters. The molecule has 1 heterocycles. The van der Waals surface area contributed by atoms with E-state index >= 15 is 0 Å². The molecule has 0 aromatic carbocycles. The SMILES string of the molecule is CCN1C(=O)C(CC)(CC)NC(=O)C1C(C)C. The molecular weight excluding hydrogens is 216 g/mol. The third-order valence-electron chi connectivity index (χ3n) is 3.82. The van der Waals surface area contributed by atoms with Gasteiger partial charge in [-0.25, -0.2) is 0 Å². The minimum Gasteiger partial charge on any atom is -0.340 e. The van der Waals surface area contributed by atoms with Crippen LogP contribution < -0.4 is 5.32 Å². The van der Waals surface area contributed by atoms with Crippen molar-refractivity contribution in [2.45, 2.75) is 59.0 Å². The third-order valence-corrected chi connectivity index (χ3v) is 3.82. The summed E-state index contributed by atoms with van der Waals surface area (Å²) in [5, 5.41) is 2.94. The molecular formula is C13H24N2O2. The topological polar surface area (TPSA) is 49.4 Å². The summed E-state index contributed by atoms with van der Waals surface area (Å²) in [6, 6.07) is -0.321. The summed E-state index contributed by atoms with van der Waals surface area (Å²) >= 11 is 0. The van der Waals surface area contributed by atoms with Crippen molar-refractivity contribution in [1.82, 2.24) is 10.2 Å². The minimum absolute atomic E-state index is 0.00912. The van der Waals surface area contributed by atoms with Crippen molar-refractivity contribution < 1.29 is 9.59 Å². The fraction of sp³-hybridized carbons (Fsp3) is 0.846. The molecule has 0 saturated carbocycles. The Morgan fingerprint density at radius 3 is 2.12 bits per heavy atom. The summed E-state index contributed by atoms with van der Waals surface area (Å²) in [6.45, 7) is 10.4. The molecule has 17 heavy (non-hydrogen) atoms. The quantitative estimate of drug-likeness (QED) is 0.810. The van der Waals surface area contributed by atoms with E-state index in [0.29, 0.717) is 19.4 Å². The molecule has 0 radical (unpaired) electrons. The van der Waals surface area contributed by atoms with Crippen LogP contribution in [0.5, 0.6) is 0 Å². The second-order valence-corrected chi connectivity index (χ2v) is 5.06. The molecule has 1 unspecified atom stereocenters. The van der Waals surface area contributed by atoms with E-state index in [0.717, 1.165) is 0 Å². The van der Waals surface area contributed by atoms with Gasteiger partial charge in [-0.1, -0.05) is 27.7 Å². The maximum Gasteiger partial charge on any atom is 0.248 e. The molecule has 1 rings (SSSR count). The van der Waals surface area contributed by atoms with Crippen molar-refractivity contribution in [3.8, 4) is 0 Å². The Labute approximate surface area is 104 Å². The average molecular weight is 240 g/mol. The van der Waals surface area contributed by atoms with Gasteiger partial charge in [0, 0.05) is 6.54 Å². The summed E-state index contributed by atoms with van der Waals surface area (Å²) < 4.78 is 0. The number of carbonyl (C=O) groups excluding carboxylic acids is 2. The van der Waals surface area contributed by atoms with Crippen molar-refractivity contribution in [3.05, 3.63) is 0 Å². The van der Waals surface area contributed by atoms with E-state index in [9.17, 15) is 9.59 Å². The average Bonchev–Trinajstić information content (AvgIpc) is 2.30. The van der Waals surface area contributed by atoms with Crippen molar-refractivity contribution in [2.24, 2.45) is 5.92 Å². The number of hydrogen-bond donors (Lipinski definition) is 1. The van der Waals surface area contributed by atoms with Crippen LogP contribution in [0.1, 0.15) is 47.5 Å². The standard InChI is InChI=1S/C13H24N2O2/c1-6-13(7-2)12(17)15(8-3)10(9(4)5)11(16)14-13/h9-10H,6-8H2,1-5H3,(H,14,16). The fourth-order valence-electron chi connectivity index (χ4n) is 2.64. The maximum absolute atomic E-state index is 12.5. The maximum atomic E-state index is 12.5. The van der Waals surface area contributed by atoms with Gasteiger partial charge < -0.3 is 10.2 Å². The highest BCUT2D eigenvalue weighted by atomic mass is 16.2. The number of hydrogen-bond acceptors (Lipinski definition) is 2. The summed E-state index contributed by atoms with van der Waals surface area (Å²) in [6.07, 6.45) is 1.30. The molecule has 0 spiro atoms. The van der Waals surface area contributed by atoms with Gasteiger partial charge in [-0.15, -0.1) is 0 Å². The lowest BCUT2D eigenvalue weighted by Gasteiger charge is -2.46. The second-order valence-electron chi connectivity index (χ2n) is 5.06. The normalized spacial score (nSPS) is 24.1. The van der Waals surface area contributed by atoms with E-state index < -0.39 is 5.54 Å². The number of rotatable bonds is 4. The van der Waals surface area contributed by atoms with Crippen LogP contribution in [-0.2, 0) is 9.59 Å². The zero-order valence-electron chi connectivity index (χ0n) is 11.5. The monoisotopic (exact) mass is 240 g/mol. The number of amides is 2. The Morgan fingerprint density at radius 2 is 1.76 bits per heavy atom. The molecule has 1 aliphatic rings. The predicted octanol–water partition coefficient (Wildman–Crippen LogP) is 1.55. The summed E-state index contributed by atoms with van der Waals surface area (Å²) in [4.78, 5) is 26.4. The van der Waals surface area contributed by atoms with Crippen LogP contribution in [0.4, 0.5) is 0 Å². The lowest BCUT2D eigenvalue weighted by Crippen LogP contribution is -2.70. The molecule has 0 bridgehead atoms. The van der Waals surface area contributed by atoms with Gasteiger partial charge in [0.2, 0.25) is 11.8 Å². The number of nitrogens with one attached hydrogen (secondary N) is 1.